The summed E-state index contributed by atoms with van der Waals surface area (Å²) in [6.07, 6.45) is 1.05. The molecule has 3 aromatic rings. The number of hydrogen-bond acceptors (Lipinski definition) is 3. The third kappa shape index (κ3) is 3.55. The molecule has 0 spiro atoms. The summed E-state index contributed by atoms with van der Waals surface area (Å²) in [6.45, 7) is 1.56. The number of fused-ring (bicyclic) bond motifs is 1. The summed E-state index contributed by atoms with van der Waals surface area (Å²) in [6, 6.07) is 20.4. The van der Waals surface area contributed by atoms with Crippen LogP contribution >= 0.6 is 27.3 Å². The number of nitrogens with one attached hydrogen (secondary N) is 1. The van der Waals surface area contributed by atoms with Crippen LogP contribution in [0.3, 0.4) is 0 Å². The first-order valence-corrected chi connectivity index (χ1v) is 10.3. The minimum absolute atomic E-state index is 0.0414. The van der Waals surface area contributed by atoms with E-state index in [0.29, 0.717) is 12.1 Å². The molecule has 1 aliphatic heterocycles. The second kappa shape index (κ2) is 7.64. The van der Waals surface area contributed by atoms with Crippen LogP contribution in [0.1, 0.15) is 26.8 Å². The Morgan fingerprint density at radius 3 is 2.85 bits per heavy atom. The molecule has 132 valence electrons. The van der Waals surface area contributed by atoms with Gasteiger partial charge in [0, 0.05) is 33.7 Å². The highest BCUT2D eigenvalue weighted by Crippen LogP contribution is 2.36. The van der Waals surface area contributed by atoms with E-state index in [4.69, 9.17) is 0 Å². The maximum absolute atomic E-state index is 12.6. The van der Waals surface area contributed by atoms with Crippen molar-refractivity contribution in [3.8, 4) is 0 Å². The molecule has 5 heteroatoms. The Morgan fingerprint density at radius 1 is 1.15 bits per heavy atom. The third-order valence-electron chi connectivity index (χ3n) is 4.71. The van der Waals surface area contributed by atoms with Crippen LogP contribution in [0.25, 0.3) is 0 Å². The van der Waals surface area contributed by atoms with Crippen molar-refractivity contribution in [2.75, 3.05) is 18.0 Å². The average molecular weight is 427 g/mol. The van der Waals surface area contributed by atoms with E-state index >= 15 is 0 Å². The summed E-state index contributed by atoms with van der Waals surface area (Å²) in [5, 5.41) is 5.23. The highest BCUT2D eigenvalue weighted by molar-refractivity contribution is 9.10. The third-order valence-corrected chi connectivity index (χ3v) is 6.18. The first-order chi connectivity index (χ1) is 12.7. The number of amides is 1. The molecule has 0 unspecified atom stereocenters. The Labute approximate surface area is 165 Å². The number of rotatable bonds is 5. The van der Waals surface area contributed by atoms with Crippen molar-refractivity contribution < 1.29 is 4.79 Å². The van der Waals surface area contributed by atoms with Gasteiger partial charge in [-0.2, -0.15) is 0 Å². The van der Waals surface area contributed by atoms with Crippen LogP contribution in [0.5, 0.6) is 0 Å². The van der Waals surface area contributed by atoms with Crippen molar-refractivity contribution in [1.29, 1.82) is 0 Å². The Balaban J connectivity index is 1.55. The quantitative estimate of drug-likeness (QED) is 0.619. The lowest BCUT2D eigenvalue weighted by molar-refractivity contribution is 0.0951. The Bertz CT molecular complexity index is 910. The zero-order valence-corrected chi connectivity index (χ0v) is 16.6. The van der Waals surface area contributed by atoms with Gasteiger partial charge in [0.1, 0.15) is 0 Å². The number of anilines is 1. The van der Waals surface area contributed by atoms with E-state index < -0.39 is 0 Å². The number of halogens is 1. The molecule has 0 radical (unpaired) electrons. The van der Waals surface area contributed by atoms with Gasteiger partial charge in [0.15, 0.2) is 0 Å². The van der Waals surface area contributed by atoms with Gasteiger partial charge in [-0.3, -0.25) is 4.79 Å². The van der Waals surface area contributed by atoms with E-state index in [1.807, 2.05) is 24.3 Å². The van der Waals surface area contributed by atoms with Gasteiger partial charge in [-0.15, -0.1) is 11.3 Å². The number of para-hydroxylation sites is 1. The van der Waals surface area contributed by atoms with Crippen LogP contribution in [0.4, 0.5) is 5.69 Å². The van der Waals surface area contributed by atoms with Crippen molar-refractivity contribution in [1.82, 2.24) is 5.32 Å². The number of nitrogens with zero attached hydrogens (tertiary/aromatic N) is 1. The molecule has 0 bridgehead atoms. The minimum atomic E-state index is -0.0414. The minimum Gasteiger partial charge on any atom is -0.361 e. The van der Waals surface area contributed by atoms with Gasteiger partial charge in [-0.05, 0) is 47.7 Å². The number of benzene rings is 2. The zero-order valence-electron chi connectivity index (χ0n) is 14.2. The molecule has 1 N–H and O–H groups in total. The summed E-state index contributed by atoms with van der Waals surface area (Å²) < 4.78 is 0.911. The van der Waals surface area contributed by atoms with Gasteiger partial charge in [0.25, 0.3) is 5.91 Å². The Morgan fingerprint density at radius 2 is 2.04 bits per heavy atom. The lowest BCUT2D eigenvalue weighted by atomic mass is 10.1. The second-order valence-corrected chi connectivity index (χ2v) is 8.22. The molecule has 0 aliphatic carbocycles. The molecular weight excluding hydrogens is 408 g/mol. The predicted octanol–water partition coefficient (Wildman–Crippen LogP) is 5.04. The lowest BCUT2D eigenvalue weighted by Crippen LogP contribution is -2.37. The fourth-order valence-corrected chi connectivity index (χ4v) is 4.69. The summed E-state index contributed by atoms with van der Waals surface area (Å²) >= 11 is 5.17. The summed E-state index contributed by atoms with van der Waals surface area (Å²) in [5.41, 5.74) is 3.33. The Hall–Kier alpha value is -2.11. The van der Waals surface area contributed by atoms with Crippen molar-refractivity contribution >= 4 is 38.9 Å². The standard InChI is InChI=1S/C21H19BrN2OS/c22-17-7-3-6-16(13-17)21(25)23-14-19(20-9-4-12-26-20)24-11-10-15-5-1-2-8-18(15)24/h1-9,12-13,19H,10-11,14H2,(H,23,25)/t19-/m0/s1. The smallest absolute Gasteiger partial charge is 0.251 e. The molecule has 26 heavy (non-hydrogen) atoms. The van der Waals surface area contributed by atoms with E-state index in [1.54, 1.807) is 11.3 Å². The van der Waals surface area contributed by atoms with E-state index in [1.165, 1.54) is 16.1 Å². The van der Waals surface area contributed by atoms with E-state index in [0.717, 1.165) is 17.4 Å². The van der Waals surface area contributed by atoms with Crippen LogP contribution in [0.15, 0.2) is 70.5 Å². The molecule has 4 rings (SSSR count). The lowest BCUT2D eigenvalue weighted by Gasteiger charge is -2.30. The zero-order chi connectivity index (χ0) is 17.9. The molecule has 3 nitrogen and oxygen atoms in total. The molecule has 1 atom stereocenters. The van der Waals surface area contributed by atoms with E-state index in [9.17, 15) is 4.79 Å². The second-order valence-electron chi connectivity index (χ2n) is 6.32. The van der Waals surface area contributed by atoms with Gasteiger partial charge in [-0.1, -0.05) is 46.3 Å². The van der Waals surface area contributed by atoms with Crippen LogP contribution in [-0.4, -0.2) is 19.0 Å². The molecular formula is C21H19BrN2OS. The van der Waals surface area contributed by atoms with Gasteiger partial charge in [0.2, 0.25) is 0 Å². The van der Waals surface area contributed by atoms with Crippen LogP contribution in [-0.2, 0) is 6.42 Å². The number of hydrogen-bond donors (Lipinski definition) is 1. The molecule has 2 aromatic carbocycles. The largest absolute Gasteiger partial charge is 0.361 e. The summed E-state index contributed by atoms with van der Waals surface area (Å²) in [7, 11) is 0. The fourth-order valence-electron chi connectivity index (χ4n) is 3.45. The molecule has 0 fully saturated rings. The van der Waals surface area contributed by atoms with Crippen LogP contribution < -0.4 is 10.2 Å². The maximum Gasteiger partial charge on any atom is 0.251 e. The molecule has 0 saturated heterocycles. The van der Waals surface area contributed by atoms with Crippen molar-refractivity contribution in [3.05, 3.63) is 86.5 Å². The number of thiophene rings is 1. The Kier molecular flexibility index (Phi) is 5.09. The number of carbonyl (C=O) groups excluding carboxylic acids is 1. The topological polar surface area (TPSA) is 32.3 Å². The highest BCUT2D eigenvalue weighted by atomic mass is 79.9. The summed E-state index contributed by atoms with van der Waals surface area (Å²) in [5.74, 6) is -0.0414. The van der Waals surface area contributed by atoms with Crippen molar-refractivity contribution in [2.45, 2.75) is 12.5 Å². The number of carbonyl (C=O) groups is 1. The van der Waals surface area contributed by atoms with Crippen molar-refractivity contribution in [3.63, 3.8) is 0 Å². The van der Waals surface area contributed by atoms with Gasteiger partial charge in [0.05, 0.1) is 6.04 Å². The van der Waals surface area contributed by atoms with E-state index in [2.05, 4.69) is 67.9 Å². The molecule has 0 saturated carbocycles. The first-order valence-electron chi connectivity index (χ1n) is 8.64. The SMILES string of the molecule is O=C(NC[C@@H](c1cccs1)N1CCc2ccccc21)c1cccc(Br)c1. The van der Waals surface area contributed by atoms with Crippen molar-refractivity contribution in [2.24, 2.45) is 0 Å². The predicted molar refractivity (Wildman–Crippen MR) is 111 cm³/mol. The van der Waals surface area contributed by atoms with Gasteiger partial charge in [-0.25, -0.2) is 0 Å². The fraction of sp³-hybridized carbons (Fsp3) is 0.190. The average Bonchev–Trinajstić information content (AvgIpc) is 3.32. The van der Waals surface area contributed by atoms with Crippen LogP contribution in [0, 0.1) is 0 Å². The summed E-state index contributed by atoms with van der Waals surface area (Å²) in [4.78, 5) is 16.3. The molecule has 2 heterocycles. The molecule has 1 aromatic heterocycles. The molecule has 1 amide bonds. The van der Waals surface area contributed by atoms with Gasteiger partial charge >= 0.3 is 0 Å². The monoisotopic (exact) mass is 426 g/mol. The van der Waals surface area contributed by atoms with Gasteiger partial charge < -0.3 is 10.2 Å². The first kappa shape index (κ1) is 17.3. The maximum atomic E-state index is 12.6. The molecule has 1 aliphatic rings. The van der Waals surface area contributed by atoms with E-state index in [-0.39, 0.29) is 11.9 Å². The van der Waals surface area contributed by atoms with Crippen LogP contribution in [0.2, 0.25) is 0 Å². The highest BCUT2D eigenvalue weighted by Gasteiger charge is 2.28. The normalized spacial score (nSPS) is 14.1.